The Labute approximate surface area is 496 Å². The summed E-state index contributed by atoms with van der Waals surface area (Å²) in [4.78, 5) is 38.4. The van der Waals surface area contributed by atoms with Crippen LogP contribution in [0.15, 0.2) is 85.1 Å². The van der Waals surface area contributed by atoms with E-state index >= 15 is 0 Å². The van der Waals surface area contributed by atoms with Gasteiger partial charge in [0.2, 0.25) is 0 Å². The summed E-state index contributed by atoms with van der Waals surface area (Å²) in [5.41, 5.74) is 0. The molecule has 80 heavy (non-hydrogen) atoms. The second kappa shape index (κ2) is 68.1. The third kappa shape index (κ3) is 65.4. The van der Waals surface area contributed by atoms with Gasteiger partial charge in [0.05, 0.1) is 0 Å². The molecule has 0 spiro atoms. The summed E-state index contributed by atoms with van der Waals surface area (Å²) in [5.74, 6) is -0.889. The van der Waals surface area contributed by atoms with Gasteiger partial charge in [-0.15, -0.1) is 0 Å². The fourth-order valence-corrected chi connectivity index (χ4v) is 9.97. The molecular weight excluding hydrogens is 985 g/mol. The molecule has 0 aromatic carbocycles. The van der Waals surface area contributed by atoms with Gasteiger partial charge in [-0.1, -0.05) is 318 Å². The van der Waals surface area contributed by atoms with E-state index in [1.54, 1.807) is 0 Å². The molecule has 0 rings (SSSR count). The molecule has 0 saturated carbocycles. The van der Waals surface area contributed by atoms with Crippen molar-refractivity contribution in [3.63, 3.8) is 0 Å². The zero-order valence-corrected chi connectivity index (χ0v) is 53.1. The topological polar surface area (TPSA) is 78.9 Å². The van der Waals surface area contributed by atoms with Gasteiger partial charge in [0.15, 0.2) is 6.10 Å². The molecule has 0 bridgehead atoms. The Morgan fingerprint density at radius 2 is 0.487 bits per heavy atom. The quantitative estimate of drug-likeness (QED) is 0.0261. The molecule has 0 aliphatic heterocycles. The standard InChI is InChI=1S/C74H130O6/c1-4-7-10-13-16-19-22-25-27-29-31-33-35-37-39-41-43-45-47-49-52-55-58-61-64-67-73(76)79-70-71(69-78-72(75)66-63-60-57-54-51-24-21-18-15-12-9-6-3)80-74(77)68-65-62-59-56-53-50-48-46-44-42-40-38-36-34-32-30-28-26-23-20-17-14-11-8-5-2/h7,10,16,18-19,21,25,27,31,33,37,39,43,45,71H,4-6,8-9,11-15,17,20,22-24,26,28-30,32,34-36,38,40-42,44,46-70H2,1-3H3/b10-7-,19-16-,21-18-,27-25-,33-31-,39-37-,45-43-. The van der Waals surface area contributed by atoms with Crippen molar-refractivity contribution in [1.29, 1.82) is 0 Å². The van der Waals surface area contributed by atoms with Gasteiger partial charge in [-0.25, -0.2) is 0 Å². The minimum Gasteiger partial charge on any atom is -0.462 e. The molecule has 0 radical (unpaired) electrons. The number of rotatable bonds is 63. The highest BCUT2D eigenvalue weighted by Crippen LogP contribution is 2.18. The number of carbonyl (C=O) groups excluding carboxylic acids is 3. The fraction of sp³-hybridized carbons (Fsp3) is 0.770. The molecule has 1 unspecified atom stereocenters. The molecular formula is C74H130O6. The van der Waals surface area contributed by atoms with Crippen molar-refractivity contribution in [2.75, 3.05) is 13.2 Å². The van der Waals surface area contributed by atoms with Crippen LogP contribution in [0.4, 0.5) is 0 Å². The summed E-state index contributed by atoms with van der Waals surface area (Å²) in [6, 6.07) is 0. The summed E-state index contributed by atoms with van der Waals surface area (Å²) in [5, 5.41) is 0. The van der Waals surface area contributed by atoms with Gasteiger partial charge < -0.3 is 14.2 Å². The third-order valence-electron chi connectivity index (χ3n) is 15.1. The first kappa shape index (κ1) is 76.6. The second-order valence-electron chi connectivity index (χ2n) is 23.1. The third-order valence-corrected chi connectivity index (χ3v) is 15.1. The highest BCUT2D eigenvalue weighted by molar-refractivity contribution is 5.71. The molecule has 462 valence electrons. The highest BCUT2D eigenvalue weighted by atomic mass is 16.6. The average molecular weight is 1120 g/mol. The molecule has 1 atom stereocenters. The molecule has 0 N–H and O–H groups in total. The first-order valence-corrected chi connectivity index (χ1v) is 34.6. The van der Waals surface area contributed by atoms with Crippen LogP contribution in [0.25, 0.3) is 0 Å². The lowest BCUT2D eigenvalue weighted by atomic mass is 10.0. The van der Waals surface area contributed by atoms with E-state index < -0.39 is 6.10 Å². The van der Waals surface area contributed by atoms with Gasteiger partial charge in [0.1, 0.15) is 13.2 Å². The minimum absolute atomic E-state index is 0.0828. The molecule has 0 aromatic heterocycles. The Balaban J connectivity index is 4.29. The maximum Gasteiger partial charge on any atom is 0.306 e. The average Bonchev–Trinajstić information content (AvgIpc) is 3.46. The smallest absolute Gasteiger partial charge is 0.306 e. The molecule has 6 nitrogen and oxygen atoms in total. The monoisotopic (exact) mass is 1110 g/mol. The van der Waals surface area contributed by atoms with Crippen LogP contribution in [0.5, 0.6) is 0 Å². The van der Waals surface area contributed by atoms with Crippen LogP contribution in [-0.2, 0) is 28.6 Å². The van der Waals surface area contributed by atoms with Crippen molar-refractivity contribution in [3.8, 4) is 0 Å². The molecule has 0 aliphatic carbocycles. The lowest BCUT2D eigenvalue weighted by Gasteiger charge is -2.18. The number of allylic oxidation sites excluding steroid dienone is 14. The van der Waals surface area contributed by atoms with Crippen LogP contribution in [0, 0.1) is 0 Å². The fourth-order valence-electron chi connectivity index (χ4n) is 9.97. The zero-order valence-electron chi connectivity index (χ0n) is 53.1. The van der Waals surface area contributed by atoms with Crippen LogP contribution in [0.2, 0.25) is 0 Å². The van der Waals surface area contributed by atoms with Gasteiger partial charge >= 0.3 is 17.9 Å². The summed E-state index contributed by atoms with van der Waals surface area (Å²) >= 11 is 0. The van der Waals surface area contributed by atoms with Crippen LogP contribution in [-0.4, -0.2) is 37.2 Å². The lowest BCUT2D eigenvalue weighted by Crippen LogP contribution is -2.30. The lowest BCUT2D eigenvalue weighted by molar-refractivity contribution is -0.167. The van der Waals surface area contributed by atoms with E-state index in [-0.39, 0.29) is 31.1 Å². The molecule has 0 aromatic rings. The van der Waals surface area contributed by atoms with Gasteiger partial charge in [0, 0.05) is 19.3 Å². The van der Waals surface area contributed by atoms with E-state index in [2.05, 4.69) is 106 Å². The Bertz CT molecular complexity index is 1520. The van der Waals surface area contributed by atoms with E-state index in [1.165, 1.54) is 193 Å². The Kier molecular flexibility index (Phi) is 65.2. The molecule has 0 aliphatic rings. The van der Waals surface area contributed by atoms with Crippen molar-refractivity contribution in [2.24, 2.45) is 0 Å². The maximum atomic E-state index is 12.9. The summed E-state index contributed by atoms with van der Waals surface area (Å²) < 4.78 is 16.9. The van der Waals surface area contributed by atoms with E-state index in [4.69, 9.17) is 14.2 Å². The van der Waals surface area contributed by atoms with Crippen molar-refractivity contribution < 1.29 is 28.6 Å². The molecule has 0 fully saturated rings. The van der Waals surface area contributed by atoms with Crippen LogP contribution < -0.4 is 0 Å². The summed E-state index contributed by atoms with van der Waals surface area (Å²) in [6.45, 7) is 6.53. The molecule has 0 amide bonds. The van der Waals surface area contributed by atoms with Crippen molar-refractivity contribution >= 4 is 17.9 Å². The number of unbranched alkanes of at least 4 members (excludes halogenated alkanes) is 38. The number of ether oxygens (including phenoxy) is 3. The van der Waals surface area contributed by atoms with E-state index in [1.807, 2.05) is 0 Å². The van der Waals surface area contributed by atoms with Crippen LogP contribution >= 0.6 is 0 Å². The Hall–Kier alpha value is -3.41. The number of hydrogen-bond donors (Lipinski definition) is 0. The number of esters is 3. The van der Waals surface area contributed by atoms with E-state index in [0.717, 1.165) is 116 Å². The van der Waals surface area contributed by atoms with Crippen LogP contribution in [0.3, 0.4) is 0 Å². The van der Waals surface area contributed by atoms with Gasteiger partial charge in [-0.05, 0) is 96.3 Å². The van der Waals surface area contributed by atoms with Crippen LogP contribution in [0.1, 0.15) is 348 Å². The van der Waals surface area contributed by atoms with Crippen molar-refractivity contribution in [2.45, 2.75) is 354 Å². The predicted molar refractivity (Wildman–Crippen MR) is 348 cm³/mol. The minimum atomic E-state index is -0.786. The van der Waals surface area contributed by atoms with Crippen molar-refractivity contribution in [1.82, 2.24) is 0 Å². The summed E-state index contributed by atoms with van der Waals surface area (Å²) in [6.07, 6.45) is 90.4. The highest BCUT2D eigenvalue weighted by Gasteiger charge is 2.19. The molecule has 0 heterocycles. The first-order chi connectivity index (χ1) is 39.5. The predicted octanol–water partition coefficient (Wildman–Crippen LogP) is 23.8. The van der Waals surface area contributed by atoms with Gasteiger partial charge in [-0.2, -0.15) is 0 Å². The van der Waals surface area contributed by atoms with E-state index in [9.17, 15) is 14.4 Å². The maximum absolute atomic E-state index is 12.9. The number of hydrogen-bond acceptors (Lipinski definition) is 6. The second-order valence-corrected chi connectivity index (χ2v) is 23.1. The van der Waals surface area contributed by atoms with Crippen molar-refractivity contribution in [3.05, 3.63) is 85.1 Å². The Morgan fingerprint density at radius 3 is 0.800 bits per heavy atom. The van der Waals surface area contributed by atoms with Gasteiger partial charge in [0.25, 0.3) is 0 Å². The first-order valence-electron chi connectivity index (χ1n) is 34.6. The zero-order chi connectivity index (χ0) is 57.8. The van der Waals surface area contributed by atoms with E-state index in [0.29, 0.717) is 19.3 Å². The summed E-state index contributed by atoms with van der Waals surface area (Å²) in [7, 11) is 0. The normalized spacial score (nSPS) is 12.6. The number of carbonyl (C=O) groups is 3. The Morgan fingerprint density at radius 1 is 0.263 bits per heavy atom. The van der Waals surface area contributed by atoms with Gasteiger partial charge in [-0.3, -0.25) is 14.4 Å². The molecule has 0 saturated heterocycles. The largest absolute Gasteiger partial charge is 0.462 e. The molecule has 6 heteroatoms. The SMILES string of the molecule is CC/C=C\C/C=C\C/C=C\C/C=C\C/C=C\C/C=C\CCCCCCCCC(=O)OCC(COC(=O)CCCCCCC/C=C\CCCCC)OC(=O)CCCCCCCCCCCCCCCCCCCCCCCCCCC.